The van der Waals surface area contributed by atoms with Gasteiger partial charge >= 0.3 is 0 Å². The van der Waals surface area contributed by atoms with E-state index in [1.165, 1.54) is 6.07 Å². The standard InChI is InChI=1S/C12H10ClFN2O2S/c13-9-4-5-12(11(14)7-9)19(17,18)16-8-10-3-1-2-6-15-10/h1-7,16H,8H2. The fraction of sp³-hybridized carbons (Fsp3) is 0.0833. The van der Waals surface area contributed by atoms with Crippen LogP contribution in [-0.4, -0.2) is 13.4 Å². The maximum atomic E-state index is 13.6. The summed E-state index contributed by atoms with van der Waals surface area (Å²) in [6, 6.07) is 8.52. The summed E-state index contributed by atoms with van der Waals surface area (Å²) in [4.78, 5) is 3.53. The minimum Gasteiger partial charge on any atom is -0.260 e. The van der Waals surface area contributed by atoms with E-state index in [1.807, 2.05) is 0 Å². The molecule has 0 aliphatic carbocycles. The van der Waals surface area contributed by atoms with Gasteiger partial charge in [0.1, 0.15) is 10.7 Å². The Labute approximate surface area is 115 Å². The fourth-order valence-electron chi connectivity index (χ4n) is 1.44. The molecule has 0 aliphatic rings. The van der Waals surface area contributed by atoms with Crippen molar-refractivity contribution in [3.05, 3.63) is 59.1 Å². The van der Waals surface area contributed by atoms with Crippen LogP contribution in [0.1, 0.15) is 5.69 Å². The SMILES string of the molecule is O=S(=O)(NCc1ccccn1)c1ccc(Cl)cc1F. The third kappa shape index (κ3) is 3.50. The fourth-order valence-corrected chi connectivity index (χ4v) is 2.66. The number of benzene rings is 1. The molecule has 7 heteroatoms. The molecule has 100 valence electrons. The van der Waals surface area contributed by atoms with Crippen LogP contribution in [0, 0.1) is 5.82 Å². The number of rotatable bonds is 4. The molecule has 19 heavy (non-hydrogen) atoms. The molecule has 0 amide bonds. The summed E-state index contributed by atoms with van der Waals surface area (Å²) >= 11 is 5.57. The molecule has 1 aromatic carbocycles. The Morgan fingerprint density at radius 3 is 2.68 bits per heavy atom. The van der Waals surface area contributed by atoms with Crippen LogP contribution in [0.4, 0.5) is 4.39 Å². The minimum atomic E-state index is -3.93. The van der Waals surface area contributed by atoms with E-state index in [0.29, 0.717) is 5.69 Å². The molecule has 1 aromatic heterocycles. The van der Waals surface area contributed by atoms with Crippen LogP contribution in [0.5, 0.6) is 0 Å². The number of nitrogens with zero attached hydrogens (tertiary/aromatic N) is 1. The molecule has 1 N–H and O–H groups in total. The molecule has 0 saturated carbocycles. The van der Waals surface area contributed by atoms with E-state index in [0.717, 1.165) is 12.1 Å². The second-order valence-electron chi connectivity index (χ2n) is 3.72. The number of nitrogens with one attached hydrogen (secondary N) is 1. The molecule has 0 spiro atoms. The Balaban J connectivity index is 2.19. The summed E-state index contributed by atoms with van der Waals surface area (Å²) in [5, 5.41) is 0.140. The lowest BCUT2D eigenvalue weighted by Crippen LogP contribution is -2.24. The highest BCUT2D eigenvalue weighted by molar-refractivity contribution is 7.89. The number of hydrogen-bond acceptors (Lipinski definition) is 3. The molecule has 0 fully saturated rings. The van der Waals surface area contributed by atoms with Gasteiger partial charge in [0.25, 0.3) is 0 Å². The van der Waals surface area contributed by atoms with Gasteiger partial charge < -0.3 is 0 Å². The highest BCUT2D eigenvalue weighted by Crippen LogP contribution is 2.18. The van der Waals surface area contributed by atoms with Gasteiger partial charge in [-0.05, 0) is 30.3 Å². The Morgan fingerprint density at radius 2 is 2.05 bits per heavy atom. The zero-order valence-corrected chi connectivity index (χ0v) is 11.2. The van der Waals surface area contributed by atoms with Crippen LogP contribution < -0.4 is 4.72 Å². The van der Waals surface area contributed by atoms with Crippen molar-refractivity contribution in [3.8, 4) is 0 Å². The quantitative estimate of drug-likeness (QED) is 0.943. The molecule has 0 atom stereocenters. The van der Waals surface area contributed by atoms with Gasteiger partial charge in [-0.3, -0.25) is 4.98 Å². The molecule has 1 heterocycles. The van der Waals surface area contributed by atoms with Crippen molar-refractivity contribution in [3.63, 3.8) is 0 Å². The first-order valence-electron chi connectivity index (χ1n) is 5.34. The second kappa shape index (κ2) is 5.64. The molecule has 0 bridgehead atoms. The molecule has 0 unspecified atom stereocenters. The second-order valence-corrected chi connectivity index (χ2v) is 5.89. The maximum absolute atomic E-state index is 13.6. The van der Waals surface area contributed by atoms with Crippen LogP contribution in [0.15, 0.2) is 47.5 Å². The number of hydrogen-bond donors (Lipinski definition) is 1. The smallest absolute Gasteiger partial charge is 0.243 e. The minimum absolute atomic E-state index is 0.00869. The highest BCUT2D eigenvalue weighted by Gasteiger charge is 2.18. The van der Waals surface area contributed by atoms with Crippen LogP contribution in [0.3, 0.4) is 0 Å². The van der Waals surface area contributed by atoms with E-state index in [2.05, 4.69) is 9.71 Å². The number of sulfonamides is 1. The van der Waals surface area contributed by atoms with Crippen molar-refractivity contribution in [1.29, 1.82) is 0 Å². The molecule has 2 aromatic rings. The first-order valence-corrected chi connectivity index (χ1v) is 7.20. The predicted octanol–water partition coefficient (Wildman–Crippen LogP) is 2.35. The van der Waals surface area contributed by atoms with Crippen molar-refractivity contribution in [1.82, 2.24) is 9.71 Å². The summed E-state index contributed by atoms with van der Waals surface area (Å²) in [6.07, 6.45) is 1.55. The number of halogens is 2. The Kier molecular flexibility index (Phi) is 4.14. The molecular formula is C12H10ClFN2O2S. The topological polar surface area (TPSA) is 59.1 Å². The van der Waals surface area contributed by atoms with Gasteiger partial charge in [0.15, 0.2) is 0 Å². The van der Waals surface area contributed by atoms with Crippen molar-refractivity contribution >= 4 is 21.6 Å². The lowest BCUT2D eigenvalue weighted by Gasteiger charge is -2.07. The third-order valence-corrected chi connectivity index (χ3v) is 4.02. The Hall–Kier alpha value is -1.50. The average Bonchev–Trinajstić information content (AvgIpc) is 2.37. The summed E-state index contributed by atoms with van der Waals surface area (Å²) in [5.74, 6) is -0.888. The van der Waals surface area contributed by atoms with Crippen molar-refractivity contribution in [2.45, 2.75) is 11.4 Å². The summed E-state index contributed by atoms with van der Waals surface area (Å²) < 4.78 is 39.7. The van der Waals surface area contributed by atoms with Crippen LogP contribution in [0.2, 0.25) is 5.02 Å². The molecule has 0 radical (unpaired) electrons. The van der Waals surface area contributed by atoms with E-state index in [4.69, 9.17) is 11.6 Å². The van der Waals surface area contributed by atoms with Gasteiger partial charge in [-0.25, -0.2) is 17.5 Å². The van der Waals surface area contributed by atoms with Crippen molar-refractivity contribution in [2.24, 2.45) is 0 Å². The van der Waals surface area contributed by atoms with Crippen LogP contribution >= 0.6 is 11.6 Å². The summed E-state index contributed by atoms with van der Waals surface area (Å²) in [7, 11) is -3.93. The van der Waals surface area contributed by atoms with E-state index < -0.39 is 20.7 Å². The van der Waals surface area contributed by atoms with E-state index in [9.17, 15) is 12.8 Å². The highest BCUT2D eigenvalue weighted by atomic mass is 35.5. The van der Waals surface area contributed by atoms with E-state index in [-0.39, 0.29) is 11.6 Å². The van der Waals surface area contributed by atoms with Crippen LogP contribution in [-0.2, 0) is 16.6 Å². The van der Waals surface area contributed by atoms with Gasteiger partial charge in [-0.1, -0.05) is 17.7 Å². The average molecular weight is 301 g/mol. The third-order valence-electron chi connectivity index (χ3n) is 2.35. The van der Waals surface area contributed by atoms with Crippen LogP contribution in [0.25, 0.3) is 0 Å². The normalized spacial score (nSPS) is 11.5. The molecule has 4 nitrogen and oxygen atoms in total. The van der Waals surface area contributed by atoms with Gasteiger partial charge in [0.2, 0.25) is 10.0 Å². The monoisotopic (exact) mass is 300 g/mol. The molecule has 2 rings (SSSR count). The maximum Gasteiger partial charge on any atom is 0.243 e. The van der Waals surface area contributed by atoms with Gasteiger partial charge in [0.05, 0.1) is 12.2 Å². The predicted molar refractivity (Wildman–Crippen MR) is 69.7 cm³/mol. The summed E-state index contributed by atoms with van der Waals surface area (Å²) in [5.41, 5.74) is 0.542. The largest absolute Gasteiger partial charge is 0.260 e. The van der Waals surface area contributed by atoms with E-state index in [1.54, 1.807) is 24.4 Å². The van der Waals surface area contributed by atoms with Crippen molar-refractivity contribution < 1.29 is 12.8 Å². The molecular weight excluding hydrogens is 291 g/mol. The number of aromatic nitrogens is 1. The Bertz CT molecular complexity index is 677. The van der Waals surface area contributed by atoms with Crippen molar-refractivity contribution in [2.75, 3.05) is 0 Å². The molecule has 0 aliphatic heterocycles. The summed E-state index contributed by atoms with van der Waals surface area (Å²) in [6.45, 7) is -0.00869. The zero-order chi connectivity index (χ0) is 13.9. The molecule has 0 saturated heterocycles. The van der Waals surface area contributed by atoms with Gasteiger partial charge in [-0.2, -0.15) is 0 Å². The first kappa shape index (κ1) is 13.9. The first-order chi connectivity index (χ1) is 8.99. The zero-order valence-electron chi connectivity index (χ0n) is 9.68. The lowest BCUT2D eigenvalue weighted by atomic mass is 10.3. The van der Waals surface area contributed by atoms with Gasteiger partial charge in [0, 0.05) is 11.2 Å². The number of pyridine rings is 1. The Morgan fingerprint density at radius 1 is 1.26 bits per heavy atom. The van der Waals surface area contributed by atoms with E-state index >= 15 is 0 Å². The lowest BCUT2D eigenvalue weighted by molar-refractivity contribution is 0.556. The van der Waals surface area contributed by atoms with Gasteiger partial charge in [-0.15, -0.1) is 0 Å².